The molecule has 1 aliphatic heterocycles. The highest BCUT2D eigenvalue weighted by atomic mass is 32.2. The molecule has 8 heteroatoms. The van der Waals surface area contributed by atoms with Crippen molar-refractivity contribution in [3.05, 3.63) is 0 Å². The average molecular weight is 306 g/mol. The highest BCUT2D eigenvalue weighted by Gasteiger charge is 2.36. The third-order valence-corrected chi connectivity index (χ3v) is 3.96. The molecule has 0 bridgehead atoms. The molecule has 20 heavy (non-hydrogen) atoms. The highest BCUT2D eigenvalue weighted by molar-refractivity contribution is 7.98. The summed E-state index contributed by atoms with van der Waals surface area (Å²) in [7, 11) is 3.13. The van der Waals surface area contributed by atoms with Crippen molar-refractivity contribution >= 4 is 23.8 Å². The number of nitrogens with zero attached hydrogens (tertiary/aromatic N) is 1. The molecule has 116 valence electrons. The summed E-state index contributed by atoms with van der Waals surface area (Å²) in [6.07, 6.45) is 1.94. The van der Waals surface area contributed by atoms with E-state index in [2.05, 4.69) is 5.32 Å². The van der Waals surface area contributed by atoms with Crippen molar-refractivity contribution in [1.82, 2.24) is 10.2 Å². The number of methoxy groups -OCH3 is 2. The molecule has 0 spiro atoms. The number of likely N-dealkylation sites (tertiary alicyclic amines) is 1. The number of hydrogen-bond acceptors (Lipinski definition) is 5. The smallest absolute Gasteiger partial charge is 0.326 e. The van der Waals surface area contributed by atoms with Gasteiger partial charge in [0.25, 0.3) is 0 Å². The van der Waals surface area contributed by atoms with Crippen LogP contribution in [0.1, 0.15) is 6.42 Å². The van der Waals surface area contributed by atoms with Crippen LogP contribution in [0.5, 0.6) is 0 Å². The van der Waals surface area contributed by atoms with Crippen molar-refractivity contribution < 1.29 is 24.2 Å². The second-order valence-electron chi connectivity index (χ2n) is 4.58. The van der Waals surface area contributed by atoms with Crippen molar-refractivity contribution in [3.63, 3.8) is 0 Å². The number of ether oxygens (including phenoxy) is 2. The number of rotatable bonds is 7. The zero-order chi connectivity index (χ0) is 15.1. The molecular formula is C12H22N2O5S. The Kier molecular flexibility index (Phi) is 7.11. The summed E-state index contributed by atoms with van der Waals surface area (Å²) in [5.41, 5.74) is 0. The van der Waals surface area contributed by atoms with E-state index in [1.165, 1.54) is 4.90 Å². The number of carboxylic acid groups (broad SMARTS) is 1. The third-order valence-electron chi connectivity index (χ3n) is 3.31. The standard InChI is InChI=1S/C12H22N2O5S/c1-18-9-6-14(7-10(9)19-2)12(17)13-8(11(15)16)4-5-20-3/h8-10H,4-7H2,1-3H3,(H,13,17)(H,15,16)/t8-,9?,10?/m1/s1. The van der Waals surface area contributed by atoms with E-state index in [1.54, 1.807) is 26.0 Å². The SMILES string of the molecule is COC1CN(C(=O)N[C@H](CCSC)C(=O)O)CC1OC. The van der Waals surface area contributed by atoms with Gasteiger partial charge in [0.1, 0.15) is 18.2 Å². The number of carbonyl (C=O) groups is 2. The maximum Gasteiger partial charge on any atom is 0.326 e. The van der Waals surface area contributed by atoms with E-state index in [0.29, 0.717) is 25.3 Å². The Balaban J connectivity index is 2.55. The van der Waals surface area contributed by atoms with E-state index < -0.39 is 12.0 Å². The molecule has 0 aliphatic carbocycles. The van der Waals surface area contributed by atoms with Crippen molar-refractivity contribution in [2.75, 3.05) is 39.3 Å². The van der Waals surface area contributed by atoms with Gasteiger partial charge in [0.15, 0.2) is 0 Å². The van der Waals surface area contributed by atoms with Crippen molar-refractivity contribution in [3.8, 4) is 0 Å². The minimum atomic E-state index is -1.02. The zero-order valence-corrected chi connectivity index (χ0v) is 12.8. The lowest BCUT2D eigenvalue weighted by molar-refractivity contribution is -0.139. The molecule has 2 amide bonds. The topological polar surface area (TPSA) is 88.1 Å². The number of thioether (sulfide) groups is 1. The molecule has 1 rings (SSSR count). The summed E-state index contributed by atoms with van der Waals surface area (Å²) in [6.45, 7) is 0.797. The molecule has 1 aliphatic rings. The lowest BCUT2D eigenvalue weighted by Crippen LogP contribution is -2.47. The predicted molar refractivity (Wildman–Crippen MR) is 76.1 cm³/mol. The van der Waals surface area contributed by atoms with Crippen LogP contribution < -0.4 is 5.32 Å². The van der Waals surface area contributed by atoms with Crippen LogP contribution >= 0.6 is 11.8 Å². The summed E-state index contributed by atoms with van der Waals surface area (Å²) in [4.78, 5) is 24.7. The van der Waals surface area contributed by atoms with Gasteiger partial charge in [0, 0.05) is 14.2 Å². The molecular weight excluding hydrogens is 284 g/mol. The molecule has 7 nitrogen and oxygen atoms in total. The van der Waals surface area contributed by atoms with Gasteiger partial charge in [-0.05, 0) is 18.4 Å². The van der Waals surface area contributed by atoms with Crippen LogP contribution in [0.4, 0.5) is 4.79 Å². The van der Waals surface area contributed by atoms with Gasteiger partial charge in [0.05, 0.1) is 13.1 Å². The van der Waals surface area contributed by atoms with Gasteiger partial charge in [-0.1, -0.05) is 0 Å². The van der Waals surface area contributed by atoms with Crippen LogP contribution in [-0.2, 0) is 14.3 Å². The van der Waals surface area contributed by atoms with Crippen LogP contribution in [0.15, 0.2) is 0 Å². The molecule has 0 radical (unpaired) electrons. The number of urea groups is 1. The fourth-order valence-corrected chi connectivity index (χ4v) is 2.57. The Morgan fingerprint density at radius 3 is 2.30 bits per heavy atom. The lowest BCUT2D eigenvalue weighted by Gasteiger charge is -2.20. The predicted octanol–water partition coefficient (Wildman–Crippen LogP) is 0.248. The fourth-order valence-electron chi connectivity index (χ4n) is 2.10. The normalized spacial score (nSPS) is 23.6. The second kappa shape index (κ2) is 8.33. The highest BCUT2D eigenvalue weighted by Crippen LogP contribution is 2.16. The van der Waals surface area contributed by atoms with Gasteiger partial charge in [0.2, 0.25) is 0 Å². The first-order valence-corrected chi connectivity index (χ1v) is 7.75. The van der Waals surface area contributed by atoms with Gasteiger partial charge in [-0.2, -0.15) is 11.8 Å². The molecule has 3 atom stereocenters. The summed E-state index contributed by atoms with van der Waals surface area (Å²) in [6, 6.07) is -1.25. The third kappa shape index (κ3) is 4.53. The molecule has 1 saturated heterocycles. The van der Waals surface area contributed by atoms with E-state index in [0.717, 1.165) is 0 Å². The van der Waals surface area contributed by atoms with E-state index in [4.69, 9.17) is 14.6 Å². The molecule has 0 aromatic heterocycles. The van der Waals surface area contributed by atoms with E-state index >= 15 is 0 Å². The molecule has 0 aromatic carbocycles. The van der Waals surface area contributed by atoms with Gasteiger partial charge in [-0.3, -0.25) is 0 Å². The minimum absolute atomic E-state index is 0.180. The molecule has 1 fully saturated rings. The Morgan fingerprint density at radius 2 is 1.90 bits per heavy atom. The molecule has 2 unspecified atom stereocenters. The maximum atomic E-state index is 12.1. The van der Waals surface area contributed by atoms with Crippen molar-refractivity contribution in [1.29, 1.82) is 0 Å². The van der Waals surface area contributed by atoms with Crippen LogP contribution in [0.2, 0.25) is 0 Å². The number of carbonyl (C=O) groups excluding carboxylic acids is 1. The quantitative estimate of drug-likeness (QED) is 0.701. The Labute approximate surface area is 123 Å². The molecule has 0 aromatic rings. The molecule has 2 N–H and O–H groups in total. The Hall–Kier alpha value is -0.990. The first-order valence-electron chi connectivity index (χ1n) is 6.36. The van der Waals surface area contributed by atoms with Crippen LogP contribution in [0, 0.1) is 0 Å². The van der Waals surface area contributed by atoms with E-state index in [-0.39, 0.29) is 18.2 Å². The average Bonchev–Trinajstić information content (AvgIpc) is 2.86. The number of carboxylic acids is 1. The first-order chi connectivity index (χ1) is 9.53. The number of aliphatic carboxylic acids is 1. The van der Waals surface area contributed by atoms with Gasteiger partial charge in [-0.15, -0.1) is 0 Å². The number of hydrogen-bond donors (Lipinski definition) is 2. The summed E-state index contributed by atoms with van der Waals surface area (Å²) >= 11 is 1.55. The Morgan fingerprint density at radius 1 is 1.35 bits per heavy atom. The summed E-state index contributed by atoms with van der Waals surface area (Å²) in [5.74, 6) is -0.336. The van der Waals surface area contributed by atoms with Gasteiger partial charge in [-0.25, -0.2) is 9.59 Å². The molecule has 1 heterocycles. The first kappa shape index (κ1) is 17.1. The fraction of sp³-hybridized carbons (Fsp3) is 0.833. The largest absolute Gasteiger partial charge is 0.480 e. The zero-order valence-electron chi connectivity index (χ0n) is 12.0. The second-order valence-corrected chi connectivity index (χ2v) is 5.56. The van der Waals surface area contributed by atoms with E-state index in [1.807, 2.05) is 6.26 Å². The lowest BCUT2D eigenvalue weighted by atomic mass is 10.2. The number of amides is 2. The maximum absolute atomic E-state index is 12.1. The Bertz CT molecular complexity index is 330. The van der Waals surface area contributed by atoms with Crippen LogP contribution in [0.3, 0.4) is 0 Å². The van der Waals surface area contributed by atoms with Gasteiger partial charge < -0.3 is 24.8 Å². The van der Waals surface area contributed by atoms with Gasteiger partial charge >= 0.3 is 12.0 Å². The molecule has 0 saturated carbocycles. The summed E-state index contributed by atoms with van der Waals surface area (Å²) in [5, 5.41) is 11.6. The minimum Gasteiger partial charge on any atom is -0.480 e. The van der Waals surface area contributed by atoms with Crippen LogP contribution in [0.25, 0.3) is 0 Å². The van der Waals surface area contributed by atoms with Crippen LogP contribution in [-0.4, -0.2) is 79.6 Å². The summed E-state index contributed by atoms with van der Waals surface area (Å²) < 4.78 is 10.5. The van der Waals surface area contributed by atoms with E-state index in [9.17, 15) is 9.59 Å². The van der Waals surface area contributed by atoms with Crippen molar-refractivity contribution in [2.45, 2.75) is 24.7 Å². The number of nitrogens with one attached hydrogen (secondary N) is 1. The monoisotopic (exact) mass is 306 g/mol. The van der Waals surface area contributed by atoms with Crippen molar-refractivity contribution in [2.24, 2.45) is 0 Å².